The predicted molar refractivity (Wildman–Crippen MR) is 95.2 cm³/mol. The smallest absolute Gasteiger partial charge is 0.341 e. The highest BCUT2D eigenvalue weighted by Crippen LogP contribution is 2.39. The standard InChI is InChI=1S/C20H19NO6/c1-24-19(22)15-3-2-4-16-18(15)26-12-17(27-16)13-9-14(11-21-10-13)20(23)5-7-25-8-6-20/h2-4,9-12,23H,5-8H2,1H3. The normalized spacial score (nSPS) is 17.8. The van der Waals surface area contributed by atoms with Gasteiger partial charge in [-0.15, -0.1) is 0 Å². The lowest BCUT2D eigenvalue weighted by Crippen LogP contribution is -2.33. The monoisotopic (exact) mass is 369 g/mol. The fourth-order valence-electron chi connectivity index (χ4n) is 3.20. The van der Waals surface area contributed by atoms with Crippen LogP contribution in [0.5, 0.6) is 11.5 Å². The van der Waals surface area contributed by atoms with Crippen molar-refractivity contribution in [1.29, 1.82) is 0 Å². The average Bonchev–Trinajstić information content (AvgIpc) is 2.73. The van der Waals surface area contributed by atoms with Gasteiger partial charge in [0.15, 0.2) is 17.3 Å². The van der Waals surface area contributed by atoms with Crippen molar-refractivity contribution in [3.63, 3.8) is 0 Å². The Morgan fingerprint density at radius 1 is 1.26 bits per heavy atom. The zero-order valence-electron chi connectivity index (χ0n) is 14.8. The molecule has 27 heavy (non-hydrogen) atoms. The molecule has 4 rings (SSSR count). The summed E-state index contributed by atoms with van der Waals surface area (Å²) in [6.07, 6.45) is 5.74. The molecule has 140 valence electrons. The van der Waals surface area contributed by atoms with Crippen LogP contribution in [-0.4, -0.2) is 36.4 Å². The summed E-state index contributed by atoms with van der Waals surface area (Å²) in [6.45, 7) is 1.01. The number of carbonyl (C=O) groups excluding carboxylic acids is 1. The minimum absolute atomic E-state index is 0.286. The van der Waals surface area contributed by atoms with Crippen LogP contribution in [0.3, 0.4) is 0 Å². The largest absolute Gasteiger partial charge is 0.465 e. The molecule has 0 aliphatic carbocycles. The minimum atomic E-state index is -0.965. The number of esters is 1. The predicted octanol–water partition coefficient (Wildman–Crippen LogP) is 2.64. The van der Waals surface area contributed by atoms with Gasteiger partial charge in [-0.3, -0.25) is 4.98 Å². The molecule has 7 nitrogen and oxygen atoms in total. The number of aromatic nitrogens is 1. The number of hydrogen-bond acceptors (Lipinski definition) is 7. The number of carbonyl (C=O) groups is 1. The molecule has 0 unspecified atom stereocenters. The summed E-state index contributed by atoms with van der Waals surface area (Å²) in [5.41, 5.74) is 0.699. The lowest BCUT2D eigenvalue weighted by atomic mass is 9.87. The Bertz CT molecular complexity index is 901. The van der Waals surface area contributed by atoms with E-state index in [0.29, 0.717) is 54.4 Å². The summed E-state index contributed by atoms with van der Waals surface area (Å²) in [6, 6.07) is 6.84. The van der Waals surface area contributed by atoms with E-state index >= 15 is 0 Å². The fraction of sp³-hybridized carbons (Fsp3) is 0.300. The Hall–Kier alpha value is -2.90. The van der Waals surface area contributed by atoms with Crippen LogP contribution in [0.25, 0.3) is 5.76 Å². The zero-order valence-corrected chi connectivity index (χ0v) is 14.8. The molecule has 0 saturated carbocycles. The molecular formula is C20H19NO6. The second kappa shape index (κ2) is 7.02. The third-order valence-corrected chi connectivity index (χ3v) is 4.77. The number of hydrogen-bond donors (Lipinski definition) is 1. The average molecular weight is 369 g/mol. The van der Waals surface area contributed by atoms with Crippen molar-refractivity contribution in [2.24, 2.45) is 0 Å². The van der Waals surface area contributed by atoms with Gasteiger partial charge in [0.05, 0.1) is 12.7 Å². The molecule has 3 heterocycles. The van der Waals surface area contributed by atoms with Gasteiger partial charge in [0.1, 0.15) is 11.8 Å². The van der Waals surface area contributed by atoms with E-state index < -0.39 is 11.6 Å². The molecule has 1 N–H and O–H groups in total. The Balaban J connectivity index is 1.63. The summed E-state index contributed by atoms with van der Waals surface area (Å²) in [7, 11) is 1.31. The van der Waals surface area contributed by atoms with Crippen molar-refractivity contribution in [3.8, 4) is 11.5 Å². The number of para-hydroxylation sites is 1. The second-order valence-corrected chi connectivity index (χ2v) is 6.43. The summed E-state index contributed by atoms with van der Waals surface area (Å²) in [4.78, 5) is 16.1. The molecule has 1 saturated heterocycles. The van der Waals surface area contributed by atoms with E-state index in [1.54, 1.807) is 30.6 Å². The molecule has 1 fully saturated rings. The maximum absolute atomic E-state index is 11.9. The van der Waals surface area contributed by atoms with Crippen LogP contribution in [0, 0.1) is 0 Å². The van der Waals surface area contributed by atoms with Gasteiger partial charge in [0, 0.05) is 49.6 Å². The van der Waals surface area contributed by atoms with Gasteiger partial charge in [-0.1, -0.05) is 6.07 Å². The molecule has 0 spiro atoms. The molecule has 0 radical (unpaired) electrons. The Morgan fingerprint density at radius 3 is 2.85 bits per heavy atom. The number of benzene rings is 1. The Morgan fingerprint density at radius 2 is 2.07 bits per heavy atom. The lowest BCUT2D eigenvalue weighted by Gasteiger charge is -2.32. The number of methoxy groups -OCH3 is 1. The quantitative estimate of drug-likeness (QED) is 0.832. The van der Waals surface area contributed by atoms with Crippen molar-refractivity contribution in [2.45, 2.75) is 18.4 Å². The van der Waals surface area contributed by atoms with E-state index in [9.17, 15) is 9.90 Å². The molecule has 2 aromatic rings. The van der Waals surface area contributed by atoms with E-state index in [2.05, 4.69) is 4.98 Å². The third kappa shape index (κ3) is 3.27. The zero-order chi connectivity index (χ0) is 18.9. The highest BCUT2D eigenvalue weighted by molar-refractivity contribution is 5.94. The number of rotatable bonds is 3. The summed E-state index contributed by atoms with van der Waals surface area (Å²) in [5.74, 6) is 0.651. The summed E-state index contributed by atoms with van der Waals surface area (Å²) >= 11 is 0. The van der Waals surface area contributed by atoms with Crippen LogP contribution < -0.4 is 9.47 Å². The van der Waals surface area contributed by atoms with Gasteiger partial charge < -0.3 is 24.1 Å². The topological polar surface area (TPSA) is 87.1 Å². The maximum atomic E-state index is 11.9. The van der Waals surface area contributed by atoms with Gasteiger partial charge in [0.25, 0.3) is 0 Å². The number of pyridine rings is 1. The van der Waals surface area contributed by atoms with Gasteiger partial charge in [-0.2, -0.15) is 0 Å². The molecule has 1 aromatic carbocycles. The number of fused-ring (bicyclic) bond motifs is 1. The van der Waals surface area contributed by atoms with Crippen molar-refractivity contribution < 1.29 is 28.8 Å². The van der Waals surface area contributed by atoms with E-state index in [1.165, 1.54) is 13.4 Å². The highest BCUT2D eigenvalue weighted by atomic mass is 16.6. The van der Waals surface area contributed by atoms with Crippen LogP contribution in [0.15, 0.2) is 42.9 Å². The van der Waals surface area contributed by atoms with E-state index in [1.807, 2.05) is 6.07 Å². The number of nitrogens with zero attached hydrogens (tertiary/aromatic N) is 1. The Labute approximate surface area is 156 Å². The van der Waals surface area contributed by atoms with Crippen LogP contribution in [0.1, 0.15) is 34.3 Å². The van der Waals surface area contributed by atoms with Gasteiger partial charge in [0.2, 0.25) is 0 Å². The first-order chi connectivity index (χ1) is 13.1. The second-order valence-electron chi connectivity index (χ2n) is 6.43. The van der Waals surface area contributed by atoms with Crippen molar-refractivity contribution in [3.05, 3.63) is 59.6 Å². The molecule has 7 heteroatoms. The highest BCUT2D eigenvalue weighted by Gasteiger charge is 2.33. The van der Waals surface area contributed by atoms with Crippen LogP contribution in [0.4, 0.5) is 0 Å². The van der Waals surface area contributed by atoms with Crippen LogP contribution >= 0.6 is 0 Å². The van der Waals surface area contributed by atoms with E-state index in [0.717, 1.165) is 0 Å². The molecule has 0 bridgehead atoms. The van der Waals surface area contributed by atoms with Gasteiger partial charge in [-0.25, -0.2) is 4.79 Å². The Kier molecular flexibility index (Phi) is 4.55. The van der Waals surface area contributed by atoms with Crippen molar-refractivity contribution in [2.75, 3.05) is 20.3 Å². The third-order valence-electron chi connectivity index (χ3n) is 4.77. The minimum Gasteiger partial charge on any atom is -0.465 e. The van der Waals surface area contributed by atoms with E-state index in [4.69, 9.17) is 18.9 Å². The molecule has 2 aliphatic rings. The number of aliphatic hydroxyl groups is 1. The first-order valence-electron chi connectivity index (χ1n) is 8.63. The van der Waals surface area contributed by atoms with Gasteiger partial charge in [-0.05, 0) is 18.2 Å². The molecule has 0 amide bonds. The molecular weight excluding hydrogens is 350 g/mol. The van der Waals surface area contributed by atoms with Crippen LogP contribution in [-0.2, 0) is 15.1 Å². The summed E-state index contributed by atoms with van der Waals surface area (Å²) in [5, 5.41) is 10.9. The molecule has 2 aliphatic heterocycles. The first-order valence-corrected chi connectivity index (χ1v) is 8.63. The maximum Gasteiger partial charge on any atom is 0.341 e. The van der Waals surface area contributed by atoms with Gasteiger partial charge >= 0.3 is 5.97 Å². The van der Waals surface area contributed by atoms with Crippen molar-refractivity contribution >= 4 is 11.7 Å². The van der Waals surface area contributed by atoms with Crippen LogP contribution in [0.2, 0.25) is 0 Å². The van der Waals surface area contributed by atoms with Crippen molar-refractivity contribution in [1.82, 2.24) is 4.98 Å². The SMILES string of the molecule is COC(=O)c1cccc2c1OC=C(c1cncc(C3(O)CCOCC3)c1)O2. The summed E-state index contributed by atoms with van der Waals surface area (Å²) < 4.78 is 21.7. The van der Waals surface area contributed by atoms with E-state index in [-0.39, 0.29) is 5.56 Å². The first kappa shape index (κ1) is 17.5. The number of ether oxygens (including phenoxy) is 4. The lowest BCUT2D eigenvalue weighted by molar-refractivity contribution is -0.0681. The molecule has 1 aromatic heterocycles. The molecule has 0 atom stereocenters. The fourth-order valence-corrected chi connectivity index (χ4v) is 3.20.